The minimum atomic E-state index is -0.641. The van der Waals surface area contributed by atoms with Crippen molar-refractivity contribution in [3.63, 3.8) is 0 Å². The number of nitrogens with zero attached hydrogens (tertiary/aromatic N) is 1. The van der Waals surface area contributed by atoms with Gasteiger partial charge >= 0.3 is 0 Å². The fraction of sp³-hybridized carbons (Fsp3) is 0.917. The molecule has 15 heavy (non-hydrogen) atoms. The number of aliphatic hydroxyl groups is 1. The second kappa shape index (κ2) is 3.48. The van der Waals surface area contributed by atoms with Crippen LogP contribution in [-0.4, -0.2) is 27.7 Å². The predicted molar refractivity (Wildman–Crippen MR) is 60.2 cm³/mol. The van der Waals surface area contributed by atoms with Crippen LogP contribution in [0.25, 0.3) is 0 Å². The number of rotatable bonds is 0. The standard InChI is InChI=1S/C12H23NO2/c1-11(2,3)8-7-9(14)13(10(8)15)12(4,5)6/h8,10,15H,7H2,1-6H3. The van der Waals surface area contributed by atoms with Crippen LogP contribution in [-0.2, 0) is 4.79 Å². The molecule has 3 nitrogen and oxygen atoms in total. The van der Waals surface area contributed by atoms with E-state index < -0.39 is 6.23 Å². The molecule has 1 saturated heterocycles. The van der Waals surface area contributed by atoms with E-state index in [9.17, 15) is 9.90 Å². The number of amides is 1. The van der Waals surface area contributed by atoms with E-state index in [-0.39, 0.29) is 22.8 Å². The van der Waals surface area contributed by atoms with E-state index in [0.29, 0.717) is 6.42 Å². The smallest absolute Gasteiger partial charge is 0.225 e. The Morgan fingerprint density at radius 3 is 1.87 bits per heavy atom. The van der Waals surface area contributed by atoms with Crippen molar-refractivity contribution in [2.75, 3.05) is 0 Å². The van der Waals surface area contributed by atoms with Crippen molar-refractivity contribution in [3.8, 4) is 0 Å². The molecular formula is C12H23NO2. The summed E-state index contributed by atoms with van der Waals surface area (Å²) in [6, 6.07) is 0. The first-order valence-corrected chi connectivity index (χ1v) is 5.55. The normalized spacial score (nSPS) is 28.7. The van der Waals surface area contributed by atoms with Crippen LogP contribution in [0.15, 0.2) is 0 Å². The third kappa shape index (κ3) is 2.33. The van der Waals surface area contributed by atoms with Crippen LogP contribution in [0.2, 0.25) is 0 Å². The fourth-order valence-electron chi connectivity index (χ4n) is 2.24. The average Bonchev–Trinajstić information content (AvgIpc) is 2.22. The van der Waals surface area contributed by atoms with E-state index in [2.05, 4.69) is 20.8 Å². The monoisotopic (exact) mass is 213 g/mol. The summed E-state index contributed by atoms with van der Waals surface area (Å²) in [4.78, 5) is 13.5. The van der Waals surface area contributed by atoms with Crippen molar-refractivity contribution in [2.45, 2.75) is 59.7 Å². The summed E-state index contributed by atoms with van der Waals surface area (Å²) >= 11 is 0. The first-order chi connectivity index (χ1) is 6.55. The van der Waals surface area contributed by atoms with Gasteiger partial charge in [-0.05, 0) is 26.2 Å². The molecule has 1 N–H and O–H groups in total. The van der Waals surface area contributed by atoms with Gasteiger partial charge in [-0.1, -0.05) is 20.8 Å². The molecule has 1 heterocycles. The van der Waals surface area contributed by atoms with Crippen LogP contribution in [0.3, 0.4) is 0 Å². The van der Waals surface area contributed by atoms with E-state index in [4.69, 9.17) is 0 Å². The lowest BCUT2D eigenvalue weighted by Crippen LogP contribution is -2.49. The Bertz CT molecular complexity index is 260. The van der Waals surface area contributed by atoms with Crippen LogP contribution < -0.4 is 0 Å². The molecule has 0 bridgehead atoms. The number of carbonyl (C=O) groups is 1. The maximum Gasteiger partial charge on any atom is 0.225 e. The Kier molecular flexibility index (Phi) is 2.90. The van der Waals surface area contributed by atoms with Crippen LogP contribution >= 0.6 is 0 Å². The molecule has 2 atom stereocenters. The van der Waals surface area contributed by atoms with Gasteiger partial charge in [0.2, 0.25) is 5.91 Å². The zero-order valence-corrected chi connectivity index (χ0v) is 10.7. The Morgan fingerprint density at radius 2 is 1.67 bits per heavy atom. The highest BCUT2D eigenvalue weighted by molar-refractivity contribution is 5.80. The van der Waals surface area contributed by atoms with Crippen molar-refractivity contribution < 1.29 is 9.90 Å². The van der Waals surface area contributed by atoms with E-state index >= 15 is 0 Å². The van der Waals surface area contributed by atoms with Gasteiger partial charge in [0.1, 0.15) is 6.23 Å². The van der Waals surface area contributed by atoms with Crippen molar-refractivity contribution >= 4 is 5.91 Å². The van der Waals surface area contributed by atoms with Gasteiger partial charge in [-0.2, -0.15) is 0 Å². The van der Waals surface area contributed by atoms with Gasteiger partial charge in [-0.3, -0.25) is 4.79 Å². The number of hydrogen-bond donors (Lipinski definition) is 1. The molecule has 1 amide bonds. The zero-order chi connectivity index (χ0) is 12.0. The molecule has 0 aromatic rings. The zero-order valence-electron chi connectivity index (χ0n) is 10.7. The maximum atomic E-state index is 11.9. The van der Waals surface area contributed by atoms with Crippen LogP contribution in [0.4, 0.5) is 0 Å². The lowest BCUT2D eigenvalue weighted by molar-refractivity contribution is -0.142. The Balaban J connectivity index is 2.94. The average molecular weight is 213 g/mol. The summed E-state index contributed by atoms with van der Waals surface area (Å²) in [6.45, 7) is 12.1. The molecule has 0 aromatic carbocycles. The Hall–Kier alpha value is -0.570. The van der Waals surface area contributed by atoms with Gasteiger partial charge in [-0.25, -0.2) is 0 Å². The lowest BCUT2D eigenvalue weighted by atomic mass is 9.79. The number of likely N-dealkylation sites (tertiary alicyclic amines) is 1. The van der Waals surface area contributed by atoms with Crippen LogP contribution in [0.1, 0.15) is 48.0 Å². The molecule has 0 saturated carbocycles. The summed E-state index contributed by atoms with van der Waals surface area (Å²) in [6.07, 6.45) is -0.181. The molecule has 1 rings (SSSR count). The van der Waals surface area contributed by atoms with Gasteiger partial charge in [0.15, 0.2) is 0 Å². The highest BCUT2D eigenvalue weighted by Crippen LogP contribution is 2.40. The first-order valence-electron chi connectivity index (χ1n) is 5.55. The SMILES string of the molecule is CC(C)(C)C1CC(=O)N(C(C)(C)C)C1O. The second-order valence-corrected chi connectivity index (χ2v) is 6.52. The number of hydrogen-bond acceptors (Lipinski definition) is 2. The summed E-state index contributed by atoms with van der Waals surface area (Å²) in [5.41, 5.74) is -0.328. The molecule has 0 radical (unpaired) electrons. The molecule has 1 fully saturated rings. The van der Waals surface area contributed by atoms with Gasteiger partial charge in [0, 0.05) is 17.9 Å². The summed E-state index contributed by atoms with van der Waals surface area (Å²) < 4.78 is 0. The largest absolute Gasteiger partial charge is 0.373 e. The second-order valence-electron chi connectivity index (χ2n) is 6.52. The van der Waals surface area contributed by atoms with Gasteiger partial charge in [0.05, 0.1) is 0 Å². The fourth-order valence-corrected chi connectivity index (χ4v) is 2.24. The highest BCUT2D eigenvalue weighted by atomic mass is 16.3. The van der Waals surface area contributed by atoms with E-state index in [1.54, 1.807) is 4.90 Å². The molecule has 0 aliphatic carbocycles. The molecule has 3 heteroatoms. The van der Waals surface area contributed by atoms with Crippen molar-refractivity contribution in [2.24, 2.45) is 11.3 Å². The minimum absolute atomic E-state index is 0.0317. The van der Waals surface area contributed by atoms with E-state index in [1.165, 1.54) is 0 Å². The Morgan fingerprint density at radius 1 is 1.20 bits per heavy atom. The summed E-state index contributed by atoms with van der Waals surface area (Å²) in [5.74, 6) is 0.0964. The molecule has 0 spiro atoms. The van der Waals surface area contributed by atoms with E-state index in [0.717, 1.165) is 0 Å². The maximum absolute atomic E-state index is 11.9. The third-order valence-electron chi connectivity index (χ3n) is 3.12. The predicted octanol–water partition coefficient (Wildman–Crippen LogP) is 2.00. The first kappa shape index (κ1) is 12.5. The van der Waals surface area contributed by atoms with Crippen molar-refractivity contribution in [3.05, 3.63) is 0 Å². The molecule has 0 aromatic heterocycles. The Labute approximate surface area is 92.5 Å². The van der Waals surface area contributed by atoms with Crippen molar-refractivity contribution in [1.29, 1.82) is 0 Å². The molecule has 1 aliphatic rings. The number of carbonyl (C=O) groups excluding carboxylic acids is 1. The number of aliphatic hydroxyl groups excluding tert-OH is 1. The van der Waals surface area contributed by atoms with Crippen LogP contribution in [0.5, 0.6) is 0 Å². The van der Waals surface area contributed by atoms with Crippen molar-refractivity contribution in [1.82, 2.24) is 4.90 Å². The van der Waals surface area contributed by atoms with Gasteiger partial charge in [-0.15, -0.1) is 0 Å². The van der Waals surface area contributed by atoms with Crippen LogP contribution in [0, 0.1) is 11.3 Å². The third-order valence-corrected chi connectivity index (χ3v) is 3.12. The van der Waals surface area contributed by atoms with E-state index in [1.807, 2.05) is 20.8 Å². The molecule has 2 unspecified atom stereocenters. The molecular weight excluding hydrogens is 190 g/mol. The summed E-state index contributed by atoms with van der Waals surface area (Å²) in [7, 11) is 0. The van der Waals surface area contributed by atoms with Gasteiger partial charge < -0.3 is 10.0 Å². The molecule has 1 aliphatic heterocycles. The quantitative estimate of drug-likeness (QED) is 0.668. The highest BCUT2D eigenvalue weighted by Gasteiger charge is 2.47. The lowest BCUT2D eigenvalue weighted by Gasteiger charge is -2.38. The summed E-state index contributed by atoms with van der Waals surface area (Å²) in [5, 5.41) is 10.2. The topological polar surface area (TPSA) is 40.5 Å². The minimum Gasteiger partial charge on any atom is -0.373 e. The van der Waals surface area contributed by atoms with Gasteiger partial charge in [0.25, 0.3) is 0 Å². The molecule has 88 valence electrons.